The van der Waals surface area contributed by atoms with Crippen molar-refractivity contribution in [2.45, 2.75) is 0 Å². The molecule has 0 saturated carbocycles. The van der Waals surface area contributed by atoms with Gasteiger partial charge in [0.15, 0.2) is 11.5 Å². The van der Waals surface area contributed by atoms with Crippen LogP contribution in [0.25, 0.3) is 0 Å². The third-order valence-corrected chi connectivity index (χ3v) is 0.882. The third-order valence-electron chi connectivity index (χ3n) is 0.882. The van der Waals surface area contributed by atoms with Crippen LogP contribution in [0.2, 0.25) is 0 Å². The third kappa shape index (κ3) is 2.10. The van der Waals surface area contributed by atoms with E-state index in [1.807, 2.05) is 0 Å². The van der Waals surface area contributed by atoms with Crippen LogP contribution in [-0.4, -0.2) is 10.2 Å². The van der Waals surface area contributed by atoms with E-state index in [1.165, 1.54) is 12.1 Å². The normalized spacial score (nSPS) is 8.00. The zero-order valence-corrected chi connectivity index (χ0v) is 6.85. The summed E-state index contributed by atoms with van der Waals surface area (Å²) in [6.07, 6.45) is 0. The summed E-state index contributed by atoms with van der Waals surface area (Å²) in [7, 11) is 0. The van der Waals surface area contributed by atoms with Gasteiger partial charge in [-0.1, -0.05) is 12.1 Å². The number of hydrogen-bond donors (Lipinski definition) is 2. The van der Waals surface area contributed by atoms with Gasteiger partial charge in [0.05, 0.1) is 0 Å². The van der Waals surface area contributed by atoms with Crippen LogP contribution in [0, 0.1) is 0 Å². The molecule has 1 aromatic carbocycles. The smallest absolute Gasteiger partial charge is 0.157 e. The summed E-state index contributed by atoms with van der Waals surface area (Å²) in [6, 6.07) is 6.15. The van der Waals surface area contributed by atoms with Crippen molar-refractivity contribution < 1.29 is 32.6 Å². The van der Waals surface area contributed by atoms with Gasteiger partial charge in [-0.25, -0.2) is 0 Å². The summed E-state index contributed by atoms with van der Waals surface area (Å²) < 4.78 is 0. The van der Waals surface area contributed by atoms with E-state index in [9.17, 15) is 0 Å². The molecule has 0 aliphatic carbocycles. The van der Waals surface area contributed by atoms with Gasteiger partial charge in [0.2, 0.25) is 0 Å². The van der Waals surface area contributed by atoms with Crippen LogP contribution >= 0.6 is 0 Å². The van der Waals surface area contributed by atoms with Gasteiger partial charge in [-0.05, 0) is 12.1 Å². The van der Waals surface area contributed by atoms with E-state index in [-0.39, 0.29) is 33.9 Å². The minimum atomic E-state index is -0.0764. The Morgan fingerprint density at radius 1 is 0.889 bits per heavy atom. The maximum absolute atomic E-state index is 8.67. The van der Waals surface area contributed by atoms with E-state index in [0.29, 0.717) is 0 Å². The molecule has 2 N–H and O–H groups in total. The molecular formula is C6H6NbO2. The number of phenolic OH excluding ortho intramolecular Hbond substituents is 2. The summed E-state index contributed by atoms with van der Waals surface area (Å²) in [5.41, 5.74) is 0. The Balaban J connectivity index is 0.000000640. The molecule has 1 rings (SSSR count). The molecule has 0 unspecified atom stereocenters. The van der Waals surface area contributed by atoms with E-state index in [1.54, 1.807) is 12.1 Å². The monoisotopic (exact) mass is 203 g/mol. The molecule has 0 aromatic heterocycles. The molecule has 0 aliphatic rings. The van der Waals surface area contributed by atoms with E-state index in [0.717, 1.165) is 0 Å². The Morgan fingerprint density at radius 3 is 1.44 bits per heavy atom. The minimum absolute atomic E-state index is 0. The fourth-order valence-electron chi connectivity index (χ4n) is 0.464. The Labute approximate surface area is 68.7 Å². The van der Waals surface area contributed by atoms with Gasteiger partial charge in [-0.3, -0.25) is 0 Å². The molecule has 1 aromatic rings. The van der Waals surface area contributed by atoms with Crippen molar-refractivity contribution in [2.75, 3.05) is 0 Å². The summed E-state index contributed by atoms with van der Waals surface area (Å²) in [4.78, 5) is 0. The van der Waals surface area contributed by atoms with Crippen LogP contribution in [-0.2, 0) is 22.4 Å². The zero-order chi connectivity index (χ0) is 5.98. The number of para-hydroxylation sites is 2. The average molecular weight is 203 g/mol. The molecule has 0 aliphatic heterocycles. The molecule has 1 radical (unpaired) electrons. The molecule has 0 atom stereocenters. The van der Waals surface area contributed by atoms with Crippen molar-refractivity contribution in [1.82, 2.24) is 0 Å². The van der Waals surface area contributed by atoms with Crippen molar-refractivity contribution in [2.24, 2.45) is 0 Å². The fourth-order valence-corrected chi connectivity index (χ4v) is 0.464. The molecule has 0 saturated heterocycles. The molecular weight excluding hydrogens is 197 g/mol. The second-order valence-electron chi connectivity index (χ2n) is 1.49. The number of rotatable bonds is 0. The van der Waals surface area contributed by atoms with E-state index in [2.05, 4.69) is 0 Å². The predicted octanol–water partition coefficient (Wildman–Crippen LogP) is 1.10. The van der Waals surface area contributed by atoms with Crippen LogP contribution < -0.4 is 0 Å². The van der Waals surface area contributed by atoms with Crippen LogP contribution in [0.15, 0.2) is 24.3 Å². The molecule has 0 amide bonds. The van der Waals surface area contributed by atoms with Gasteiger partial charge >= 0.3 is 0 Å². The van der Waals surface area contributed by atoms with Gasteiger partial charge < -0.3 is 10.2 Å². The SMILES string of the molecule is Oc1ccccc1O.[Nb]. The van der Waals surface area contributed by atoms with Gasteiger partial charge in [-0.15, -0.1) is 0 Å². The van der Waals surface area contributed by atoms with Crippen LogP contribution in [0.3, 0.4) is 0 Å². The molecule has 3 heteroatoms. The molecule has 0 spiro atoms. The maximum atomic E-state index is 8.67. The second-order valence-corrected chi connectivity index (χ2v) is 1.49. The van der Waals surface area contributed by atoms with Gasteiger partial charge in [0, 0.05) is 22.4 Å². The van der Waals surface area contributed by atoms with Crippen molar-refractivity contribution in [3.8, 4) is 11.5 Å². The van der Waals surface area contributed by atoms with Crippen molar-refractivity contribution in [1.29, 1.82) is 0 Å². The van der Waals surface area contributed by atoms with Crippen LogP contribution in [0.4, 0.5) is 0 Å². The quantitative estimate of drug-likeness (QED) is 0.489. The predicted molar refractivity (Wildman–Crippen MR) is 29.8 cm³/mol. The molecule has 0 fully saturated rings. The number of aromatic hydroxyl groups is 2. The summed E-state index contributed by atoms with van der Waals surface area (Å²) in [6.45, 7) is 0. The standard InChI is InChI=1S/C6H6O2.Nb/c7-5-3-1-2-4-6(5)8;/h1-4,7-8H;. The molecule has 0 bridgehead atoms. The van der Waals surface area contributed by atoms with Gasteiger partial charge in [0.1, 0.15) is 0 Å². The zero-order valence-electron chi connectivity index (χ0n) is 4.65. The first kappa shape index (κ1) is 8.56. The largest absolute Gasteiger partial charge is 0.504 e. The summed E-state index contributed by atoms with van der Waals surface area (Å²) in [5.74, 6) is -0.153. The second kappa shape index (κ2) is 3.56. The first-order chi connectivity index (χ1) is 3.80. The van der Waals surface area contributed by atoms with E-state index in [4.69, 9.17) is 10.2 Å². The van der Waals surface area contributed by atoms with Crippen LogP contribution in [0.1, 0.15) is 0 Å². The first-order valence-corrected chi connectivity index (χ1v) is 2.27. The average Bonchev–Trinajstić information content (AvgIpc) is 1.77. The maximum Gasteiger partial charge on any atom is 0.157 e. The number of hydrogen-bond acceptors (Lipinski definition) is 2. The number of phenols is 2. The summed E-state index contributed by atoms with van der Waals surface area (Å²) in [5, 5.41) is 17.3. The molecule has 2 nitrogen and oxygen atoms in total. The Hall–Kier alpha value is -0.440. The van der Waals surface area contributed by atoms with Crippen molar-refractivity contribution in [3.63, 3.8) is 0 Å². The van der Waals surface area contributed by atoms with E-state index >= 15 is 0 Å². The topological polar surface area (TPSA) is 40.5 Å². The van der Waals surface area contributed by atoms with Crippen molar-refractivity contribution >= 4 is 0 Å². The Morgan fingerprint density at radius 2 is 1.22 bits per heavy atom. The fraction of sp³-hybridized carbons (Fsp3) is 0. The van der Waals surface area contributed by atoms with Crippen molar-refractivity contribution in [3.05, 3.63) is 24.3 Å². The van der Waals surface area contributed by atoms with Crippen LogP contribution in [0.5, 0.6) is 11.5 Å². The van der Waals surface area contributed by atoms with E-state index < -0.39 is 0 Å². The number of benzene rings is 1. The summed E-state index contributed by atoms with van der Waals surface area (Å²) >= 11 is 0. The molecule has 47 valence electrons. The molecule has 9 heavy (non-hydrogen) atoms. The minimum Gasteiger partial charge on any atom is -0.504 e. The van der Waals surface area contributed by atoms with Gasteiger partial charge in [0.25, 0.3) is 0 Å². The molecule has 0 heterocycles. The first-order valence-electron chi connectivity index (χ1n) is 2.27. The Kier molecular flexibility index (Phi) is 3.39. The Bertz CT molecular complexity index is 167. The van der Waals surface area contributed by atoms with Gasteiger partial charge in [-0.2, -0.15) is 0 Å².